The molecule has 108 valence electrons. The van der Waals surface area contributed by atoms with Gasteiger partial charge in [0.25, 0.3) is 5.56 Å². The third-order valence-electron chi connectivity index (χ3n) is 3.27. The number of hydrogen-bond donors (Lipinski definition) is 2. The molecule has 21 heavy (non-hydrogen) atoms. The maximum absolute atomic E-state index is 12.2. The molecule has 3 rings (SSSR count). The molecule has 3 aromatic rings. The topological polar surface area (TPSA) is 97.5 Å². The lowest BCUT2D eigenvalue weighted by Crippen LogP contribution is -2.23. The van der Waals surface area contributed by atoms with Gasteiger partial charge in [0.15, 0.2) is 0 Å². The lowest BCUT2D eigenvalue weighted by molar-refractivity contribution is 0.491. The summed E-state index contributed by atoms with van der Waals surface area (Å²) in [4.78, 5) is 28.4. The molecule has 7 heteroatoms. The van der Waals surface area contributed by atoms with E-state index in [2.05, 4.69) is 19.9 Å². The minimum absolute atomic E-state index is 0.156. The second-order valence-electron chi connectivity index (χ2n) is 5.14. The van der Waals surface area contributed by atoms with Gasteiger partial charge in [-0.25, -0.2) is 15.0 Å². The molecule has 0 saturated carbocycles. The first-order valence-corrected chi connectivity index (χ1v) is 7.43. The van der Waals surface area contributed by atoms with E-state index >= 15 is 0 Å². The first-order chi connectivity index (χ1) is 10.1. The summed E-state index contributed by atoms with van der Waals surface area (Å²) < 4.78 is 0.586. The molecule has 0 spiro atoms. The van der Waals surface area contributed by atoms with Crippen molar-refractivity contribution in [2.45, 2.75) is 19.9 Å². The number of H-pyrrole nitrogens is 1. The fourth-order valence-electron chi connectivity index (χ4n) is 1.99. The zero-order valence-corrected chi connectivity index (χ0v) is 12.5. The van der Waals surface area contributed by atoms with Crippen LogP contribution in [0.1, 0.15) is 25.7 Å². The van der Waals surface area contributed by atoms with Crippen molar-refractivity contribution in [2.24, 2.45) is 11.7 Å². The highest BCUT2D eigenvalue weighted by atomic mass is 32.1. The van der Waals surface area contributed by atoms with Crippen LogP contribution < -0.4 is 11.3 Å². The average molecular weight is 301 g/mol. The first kappa shape index (κ1) is 13.8. The van der Waals surface area contributed by atoms with E-state index in [9.17, 15) is 4.79 Å². The summed E-state index contributed by atoms with van der Waals surface area (Å²) in [7, 11) is 0. The summed E-state index contributed by atoms with van der Waals surface area (Å²) in [5.41, 5.74) is 7.35. The van der Waals surface area contributed by atoms with Gasteiger partial charge in [0, 0.05) is 6.20 Å². The van der Waals surface area contributed by atoms with Gasteiger partial charge in [-0.2, -0.15) is 0 Å². The number of thiophene rings is 1. The van der Waals surface area contributed by atoms with Crippen LogP contribution in [0.5, 0.6) is 0 Å². The average Bonchev–Trinajstić information content (AvgIpc) is 2.92. The van der Waals surface area contributed by atoms with Gasteiger partial charge in [-0.3, -0.25) is 4.79 Å². The normalized spacial score (nSPS) is 13.0. The number of nitrogens with one attached hydrogen (secondary N) is 1. The Morgan fingerprint density at radius 2 is 2.19 bits per heavy atom. The molecule has 0 amide bonds. The van der Waals surface area contributed by atoms with Crippen molar-refractivity contribution in [2.75, 3.05) is 0 Å². The molecule has 0 bridgehead atoms. The number of aromatic nitrogens is 4. The van der Waals surface area contributed by atoms with Gasteiger partial charge < -0.3 is 10.7 Å². The van der Waals surface area contributed by atoms with E-state index in [-0.39, 0.29) is 17.5 Å². The van der Waals surface area contributed by atoms with E-state index in [1.54, 1.807) is 12.3 Å². The summed E-state index contributed by atoms with van der Waals surface area (Å²) in [6.45, 7) is 3.99. The molecule has 0 radical (unpaired) electrons. The van der Waals surface area contributed by atoms with Gasteiger partial charge in [0.1, 0.15) is 16.9 Å². The highest BCUT2D eigenvalue weighted by molar-refractivity contribution is 7.22. The molecule has 6 nitrogen and oxygen atoms in total. The number of nitrogens with zero attached hydrogens (tertiary/aromatic N) is 3. The predicted octanol–water partition coefficient (Wildman–Crippen LogP) is 2.10. The zero-order valence-electron chi connectivity index (χ0n) is 11.7. The van der Waals surface area contributed by atoms with Crippen molar-refractivity contribution in [3.8, 4) is 10.6 Å². The third-order valence-corrected chi connectivity index (χ3v) is 4.42. The van der Waals surface area contributed by atoms with Crippen molar-refractivity contribution in [3.63, 3.8) is 0 Å². The Hall–Kier alpha value is -2.12. The van der Waals surface area contributed by atoms with Crippen LogP contribution in [-0.2, 0) is 0 Å². The Morgan fingerprint density at radius 3 is 2.86 bits per heavy atom. The molecule has 0 fully saturated rings. The number of aromatic amines is 1. The second kappa shape index (κ2) is 5.34. The number of hydrogen-bond acceptors (Lipinski definition) is 6. The van der Waals surface area contributed by atoms with Crippen molar-refractivity contribution in [1.29, 1.82) is 0 Å². The van der Waals surface area contributed by atoms with E-state index < -0.39 is 0 Å². The SMILES string of the molecule is CC(C)C(N)c1nc2cc(-c3ccncn3)sc2c(=O)[nH]1. The van der Waals surface area contributed by atoms with Crippen LogP contribution in [0.2, 0.25) is 0 Å². The predicted molar refractivity (Wildman–Crippen MR) is 83.0 cm³/mol. The summed E-state index contributed by atoms with van der Waals surface area (Å²) in [5.74, 6) is 0.722. The minimum Gasteiger partial charge on any atom is -0.321 e. The molecule has 0 saturated heterocycles. The van der Waals surface area contributed by atoms with E-state index in [4.69, 9.17) is 5.73 Å². The Kier molecular flexibility index (Phi) is 3.52. The van der Waals surface area contributed by atoms with E-state index in [0.29, 0.717) is 16.0 Å². The minimum atomic E-state index is -0.287. The van der Waals surface area contributed by atoms with E-state index in [1.165, 1.54) is 17.7 Å². The highest BCUT2D eigenvalue weighted by Crippen LogP contribution is 2.29. The van der Waals surface area contributed by atoms with Gasteiger partial charge in [0.2, 0.25) is 0 Å². The molecular weight excluding hydrogens is 286 g/mol. The fourth-order valence-corrected chi connectivity index (χ4v) is 2.96. The van der Waals surface area contributed by atoms with Crippen LogP contribution >= 0.6 is 11.3 Å². The van der Waals surface area contributed by atoms with Crippen LogP contribution in [0.25, 0.3) is 20.8 Å². The molecule has 0 aliphatic heterocycles. The monoisotopic (exact) mass is 301 g/mol. The third kappa shape index (κ3) is 2.57. The number of nitrogens with two attached hydrogens (primary N) is 1. The maximum Gasteiger partial charge on any atom is 0.268 e. The summed E-state index contributed by atoms with van der Waals surface area (Å²) in [6.07, 6.45) is 3.15. The summed E-state index contributed by atoms with van der Waals surface area (Å²) in [5, 5.41) is 0. The van der Waals surface area contributed by atoms with Crippen molar-refractivity contribution < 1.29 is 0 Å². The Balaban J connectivity index is 2.14. The standard InChI is InChI=1S/C14H15N5OS/c1-7(2)11(15)13-18-9-5-10(8-3-4-16-6-17-8)21-12(9)14(20)19-13/h3-7,11H,15H2,1-2H3,(H,18,19,20). The van der Waals surface area contributed by atoms with Gasteiger partial charge in [-0.05, 0) is 18.1 Å². The molecule has 3 aromatic heterocycles. The quantitative estimate of drug-likeness (QED) is 0.772. The Morgan fingerprint density at radius 1 is 1.38 bits per heavy atom. The first-order valence-electron chi connectivity index (χ1n) is 6.62. The second-order valence-corrected chi connectivity index (χ2v) is 6.19. The zero-order chi connectivity index (χ0) is 15.0. The molecule has 3 N–H and O–H groups in total. The lowest BCUT2D eigenvalue weighted by Gasteiger charge is -2.13. The van der Waals surface area contributed by atoms with Gasteiger partial charge in [-0.1, -0.05) is 13.8 Å². The van der Waals surface area contributed by atoms with Crippen molar-refractivity contribution >= 4 is 21.6 Å². The Bertz CT molecular complexity index is 824. The molecule has 1 unspecified atom stereocenters. The van der Waals surface area contributed by atoms with E-state index in [1.807, 2.05) is 19.9 Å². The summed E-state index contributed by atoms with van der Waals surface area (Å²) in [6, 6.07) is 3.39. The maximum atomic E-state index is 12.2. The molecule has 3 heterocycles. The van der Waals surface area contributed by atoms with Crippen LogP contribution in [0.4, 0.5) is 0 Å². The summed E-state index contributed by atoms with van der Waals surface area (Å²) >= 11 is 1.37. The van der Waals surface area contributed by atoms with Crippen LogP contribution in [-0.4, -0.2) is 19.9 Å². The van der Waals surface area contributed by atoms with Crippen LogP contribution in [0, 0.1) is 5.92 Å². The molecule has 0 aliphatic carbocycles. The molecule has 0 aliphatic rings. The van der Waals surface area contributed by atoms with Gasteiger partial charge in [-0.15, -0.1) is 11.3 Å². The highest BCUT2D eigenvalue weighted by Gasteiger charge is 2.16. The van der Waals surface area contributed by atoms with Crippen molar-refractivity contribution in [3.05, 3.63) is 40.8 Å². The van der Waals surface area contributed by atoms with Crippen molar-refractivity contribution in [1.82, 2.24) is 19.9 Å². The van der Waals surface area contributed by atoms with Crippen LogP contribution in [0.3, 0.4) is 0 Å². The number of rotatable bonds is 3. The smallest absolute Gasteiger partial charge is 0.268 e. The molecular formula is C14H15N5OS. The molecule has 1 atom stereocenters. The largest absolute Gasteiger partial charge is 0.321 e. The fraction of sp³-hybridized carbons (Fsp3) is 0.286. The van der Waals surface area contributed by atoms with Gasteiger partial charge in [0.05, 0.1) is 22.1 Å². The Labute approximate surface area is 125 Å². The number of fused-ring (bicyclic) bond motifs is 1. The van der Waals surface area contributed by atoms with E-state index in [0.717, 1.165) is 10.6 Å². The van der Waals surface area contributed by atoms with Crippen LogP contribution in [0.15, 0.2) is 29.5 Å². The van der Waals surface area contributed by atoms with Gasteiger partial charge >= 0.3 is 0 Å². The molecule has 0 aromatic carbocycles. The lowest BCUT2D eigenvalue weighted by atomic mass is 10.1.